The average molecular weight is 369 g/mol. The van der Waals surface area contributed by atoms with E-state index >= 15 is 4.39 Å². The predicted molar refractivity (Wildman–Crippen MR) is 90.3 cm³/mol. The zero-order valence-electron chi connectivity index (χ0n) is 12.6. The van der Waals surface area contributed by atoms with Crippen LogP contribution >= 0.6 is 23.2 Å². The summed E-state index contributed by atoms with van der Waals surface area (Å²) in [6.07, 6.45) is 2.64. The number of hydrogen-bond donors (Lipinski definition) is 1. The molecule has 7 heteroatoms. The topological polar surface area (TPSA) is 53.4 Å². The number of halogens is 3. The fourth-order valence-electron chi connectivity index (χ4n) is 3.05. The molecule has 1 aromatic carbocycles. The number of amides is 1. The van der Waals surface area contributed by atoms with E-state index in [0.29, 0.717) is 0 Å². The van der Waals surface area contributed by atoms with Crippen LogP contribution in [-0.2, 0) is 0 Å². The van der Waals surface area contributed by atoms with Crippen molar-refractivity contribution in [3.05, 3.63) is 63.9 Å². The standard InChI is InChI=1S/C17H15Cl2FN2O2/c18-13-6-21-7-14(19)15(13)16(24)22-8-12(17(20,9-22)10-23)11-4-2-1-3-5-11/h1-7,12,23H,8-10H2. The van der Waals surface area contributed by atoms with E-state index in [1.165, 1.54) is 17.3 Å². The summed E-state index contributed by atoms with van der Waals surface area (Å²) in [5, 5.41) is 9.79. The van der Waals surface area contributed by atoms with Crippen molar-refractivity contribution >= 4 is 29.1 Å². The second kappa shape index (κ2) is 6.67. The molecule has 3 rings (SSSR count). The first-order valence-electron chi connectivity index (χ1n) is 7.39. The van der Waals surface area contributed by atoms with Gasteiger partial charge in [-0.25, -0.2) is 4.39 Å². The number of likely N-dealkylation sites (tertiary alicyclic amines) is 1. The Kier molecular flexibility index (Phi) is 4.76. The molecule has 1 saturated heterocycles. The SMILES string of the molecule is O=C(c1c(Cl)cncc1Cl)N1CC(c2ccccc2)C(F)(CO)C1. The van der Waals surface area contributed by atoms with Crippen LogP contribution in [0.1, 0.15) is 21.8 Å². The fourth-order valence-corrected chi connectivity index (χ4v) is 3.58. The summed E-state index contributed by atoms with van der Waals surface area (Å²) >= 11 is 12.0. The van der Waals surface area contributed by atoms with Gasteiger partial charge in [-0.1, -0.05) is 53.5 Å². The van der Waals surface area contributed by atoms with E-state index in [1.807, 2.05) is 6.07 Å². The number of nitrogens with zero attached hydrogens (tertiary/aromatic N) is 2. The maximum Gasteiger partial charge on any atom is 0.257 e. The zero-order chi connectivity index (χ0) is 17.3. The summed E-state index contributed by atoms with van der Waals surface area (Å²) in [5.41, 5.74) is -1.08. The van der Waals surface area contributed by atoms with Crippen LogP contribution in [0.5, 0.6) is 0 Å². The smallest absolute Gasteiger partial charge is 0.257 e. The number of carbonyl (C=O) groups is 1. The Labute approximate surface area is 148 Å². The number of pyridine rings is 1. The molecule has 0 radical (unpaired) electrons. The van der Waals surface area contributed by atoms with Crippen molar-refractivity contribution in [2.75, 3.05) is 19.7 Å². The van der Waals surface area contributed by atoms with Gasteiger partial charge in [-0.15, -0.1) is 0 Å². The minimum atomic E-state index is -1.91. The fraction of sp³-hybridized carbons (Fsp3) is 0.294. The molecule has 1 aliphatic rings. The van der Waals surface area contributed by atoms with Gasteiger partial charge in [0.15, 0.2) is 5.67 Å². The van der Waals surface area contributed by atoms with Crippen molar-refractivity contribution in [2.45, 2.75) is 11.6 Å². The lowest BCUT2D eigenvalue weighted by Gasteiger charge is -2.23. The summed E-state index contributed by atoms with van der Waals surface area (Å²) < 4.78 is 15.2. The molecular weight excluding hydrogens is 354 g/mol. The highest BCUT2D eigenvalue weighted by molar-refractivity contribution is 6.39. The van der Waals surface area contributed by atoms with E-state index in [2.05, 4.69) is 4.98 Å². The van der Waals surface area contributed by atoms with E-state index in [-0.39, 0.29) is 28.7 Å². The molecule has 24 heavy (non-hydrogen) atoms. The first kappa shape index (κ1) is 17.1. The predicted octanol–water partition coefficient (Wildman–Crippen LogP) is 3.33. The molecule has 0 spiro atoms. The summed E-state index contributed by atoms with van der Waals surface area (Å²) in [4.78, 5) is 17.9. The van der Waals surface area contributed by atoms with Crippen molar-refractivity contribution in [1.82, 2.24) is 9.88 Å². The molecule has 0 aliphatic carbocycles. The van der Waals surface area contributed by atoms with Crippen LogP contribution in [0.25, 0.3) is 0 Å². The Morgan fingerprint density at radius 3 is 2.50 bits per heavy atom. The lowest BCUT2D eigenvalue weighted by molar-refractivity contribution is 0.0576. The number of hydrogen-bond acceptors (Lipinski definition) is 3. The summed E-state index contributed by atoms with van der Waals surface area (Å²) in [6, 6.07) is 9.00. The van der Waals surface area contributed by atoms with Gasteiger partial charge in [0.2, 0.25) is 0 Å². The number of rotatable bonds is 3. The molecule has 1 amide bonds. The second-order valence-corrected chi connectivity index (χ2v) is 6.63. The Hall–Kier alpha value is -1.69. The van der Waals surface area contributed by atoms with Gasteiger partial charge in [0.05, 0.1) is 28.8 Å². The number of alkyl halides is 1. The molecule has 4 nitrogen and oxygen atoms in total. The van der Waals surface area contributed by atoms with Gasteiger partial charge in [-0.05, 0) is 5.56 Å². The van der Waals surface area contributed by atoms with E-state index in [1.54, 1.807) is 24.3 Å². The van der Waals surface area contributed by atoms with E-state index in [4.69, 9.17) is 23.2 Å². The monoisotopic (exact) mass is 368 g/mol. The first-order chi connectivity index (χ1) is 11.5. The Morgan fingerprint density at radius 2 is 1.92 bits per heavy atom. The average Bonchev–Trinajstić information content (AvgIpc) is 2.94. The van der Waals surface area contributed by atoms with Crippen LogP contribution in [0.2, 0.25) is 10.0 Å². The summed E-state index contributed by atoms with van der Waals surface area (Å²) in [6.45, 7) is -0.764. The summed E-state index contributed by atoms with van der Waals surface area (Å²) in [5.74, 6) is -1.09. The first-order valence-corrected chi connectivity index (χ1v) is 8.15. The van der Waals surface area contributed by atoms with Gasteiger partial charge in [0, 0.05) is 24.9 Å². The minimum Gasteiger partial charge on any atom is -0.393 e. The quantitative estimate of drug-likeness (QED) is 0.903. The van der Waals surface area contributed by atoms with Gasteiger partial charge in [0.25, 0.3) is 5.91 Å². The van der Waals surface area contributed by atoms with Gasteiger partial charge in [0.1, 0.15) is 0 Å². The third-order valence-corrected chi connectivity index (χ3v) is 4.87. The second-order valence-electron chi connectivity index (χ2n) is 5.82. The van der Waals surface area contributed by atoms with E-state index in [9.17, 15) is 9.90 Å². The van der Waals surface area contributed by atoms with Crippen molar-refractivity contribution in [3.8, 4) is 0 Å². The Balaban J connectivity index is 1.93. The normalized spacial score (nSPS) is 23.5. The number of benzene rings is 1. The van der Waals surface area contributed by atoms with Crippen LogP contribution in [0.3, 0.4) is 0 Å². The van der Waals surface area contributed by atoms with Crippen molar-refractivity contribution in [1.29, 1.82) is 0 Å². The lowest BCUT2D eigenvalue weighted by atomic mass is 9.87. The third-order valence-electron chi connectivity index (χ3n) is 4.30. The molecule has 0 bridgehead atoms. The van der Waals surface area contributed by atoms with Crippen LogP contribution in [-0.4, -0.2) is 46.3 Å². The molecule has 2 unspecified atom stereocenters. The zero-order valence-corrected chi connectivity index (χ0v) is 14.1. The van der Waals surface area contributed by atoms with Crippen LogP contribution in [0.15, 0.2) is 42.7 Å². The highest BCUT2D eigenvalue weighted by Crippen LogP contribution is 2.40. The number of aromatic nitrogens is 1. The minimum absolute atomic E-state index is 0.0994. The van der Waals surface area contributed by atoms with Crippen LogP contribution in [0, 0.1) is 0 Å². The highest BCUT2D eigenvalue weighted by atomic mass is 35.5. The molecular formula is C17H15Cl2FN2O2. The highest BCUT2D eigenvalue weighted by Gasteiger charge is 2.49. The van der Waals surface area contributed by atoms with Gasteiger partial charge in [-0.2, -0.15) is 0 Å². The molecule has 2 heterocycles. The molecule has 126 valence electrons. The van der Waals surface area contributed by atoms with Gasteiger partial charge in [-0.3, -0.25) is 9.78 Å². The number of carbonyl (C=O) groups excluding carboxylic acids is 1. The van der Waals surface area contributed by atoms with Crippen molar-refractivity contribution < 1.29 is 14.3 Å². The van der Waals surface area contributed by atoms with Crippen molar-refractivity contribution in [2.24, 2.45) is 0 Å². The van der Waals surface area contributed by atoms with Crippen molar-refractivity contribution in [3.63, 3.8) is 0 Å². The van der Waals surface area contributed by atoms with Crippen LogP contribution < -0.4 is 0 Å². The Bertz CT molecular complexity index is 739. The molecule has 1 aromatic heterocycles. The number of aliphatic hydroxyl groups is 1. The summed E-state index contributed by atoms with van der Waals surface area (Å²) in [7, 11) is 0. The molecule has 1 N–H and O–H groups in total. The molecule has 2 atom stereocenters. The maximum atomic E-state index is 15.2. The molecule has 1 fully saturated rings. The third kappa shape index (κ3) is 2.99. The number of aliphatic hydroxyl groups excluding tert-OH is 1. The largest absolute Gasteiger partial charge is 0.393 e. The molecule has 1 aliphatic heterocycles. The van der Waals surface area contributed by atoms with E-state index < -0.39 is 24.1 Å². The maximum absolute atomic E-state index is 15.2. The van der Waals surface area contributed by atoms with Gasteiger partial charge < -0.3 is 10.0 Å². The molecule has 2 aromatic rings. The molecule has 0 saturated carbocycles. The lowest BCUT2D eigenvalue weighted by Crippen LogP contribution is -2.37. The van der Waals surface area contributed by atoms with E-state index in [0.717, 1.165) is 5.56 Å². The Morgan fingerprint density at radius 1 is 1.29 bits per heavy atom. The van der Waals surface area contributed by atoms with Crippen LogP contribution in [0.4, 0.5) is 4.39 Å². The van der Waals surface area contributed by atoms with Gasteiger partial charge >= 0.3 is 0 Å².